The van der Waals surface area contributed by atoms with Crippen LogP contribution in [0.5, 0.6) is 0 Å². The molecule has 0 aromatic heterocycles. The average Bonchev–Trinajstić information content (AvgIpc) is 2.58. The van der Waals surface area contributed by atoms with Gasteiger partial charge in [0.2, 0.25) is 0 Å². The van der Waals surface area contributed by atoms with E-state index in [1.54, 1.807) is 20.8 Å². The maximum atomic E-state index is 14.0. The first-order valence-electron chi connectivity index (χ1n) is 8.88. The molecule has 1 aromatic rings. The van der Waals surface area contributed by atoms with Crippen LogP contribution in [0.25, 0.3) is 0 Å². The monoisotopic (exact) mass is 384 g/mol. The molecule has 27 heavy (non-hydrogen) atoms. The third-order valence-electron chi connectivity index (χ3n) is 3.42. The fraction of sp³-hybridized carbons (Fsp3) is 0.579. The molecule has 2 amide bonds. The summed E-state index contributed by atoms with van der Waals surface area (Å²) >= 11 is 0. The summed E-state index contributed by atoms with van der Waals surface area (Å²) in [6.07, 6.45) is -2.71. The average molecular weight is 384 g/mol. The smallest absolute Gasteiger partial charge is 0.407 e. The lowest BCUT2D eigenvalue weighted by Crippen LogP contribution is -2.42. The van der Waals surface area contributed by atoms with Gasteiger partial charge in [0.25, 0.3) is 0 Å². The number of amides is 2. The van der Waals surface area contributed by atoms with Crippen LogP contribution in [0.2, 0.25) is 0 Å². The lowest BCUT2D eigenvalue weighted by atomic mass is 10.1. The van der Waals surface area contributed by atoms with E-state index >= 15 is 0 Å². The fourth-order valence-electron chi connectivity index (χ4n) is 2.18. The van der Waals surface area contributed by atoms with Gasteiger partial charge in [-0.1, -0.05) is 30.3 Å². The van der Waals surface area contributed by atoms with E-state index in [4.69, 9.17) is 9.47 Å². The maximum Gasteiger partial charge on any atom is 0.407 e. The highest BCUT2D eigenvalue weighted by molar-refractivity contribution is 5.68. The van der Waals surface area contributed by atoms with Gasteiger partial charge in [-0.05, 0) is 32.8 Å². The zero-order valence-corrected chi connectivity index (χ0v) is 16.0. The third-order valence-corrected chi connectivity index (χ3v) is 3.42. The van der Waals surface area contributed by atoms with Gasteiger partial charge < -0.3 is 25.2 Å². The van der Waals surface area contributed by atoms with E-state index in [2.05, 4.69) is 10.6 Å². The van der Waals surface area contributed by atoms with Gasteiger partial charge in [-0.3, -0.25) is 0 Å². The molecule has 2 atom stereocenters. The SMILES string of the molecule is CC(C)(C)OC(=O)N[C@H](CO)C[C@@H](F)CCNC(=O)OCc1ccccc1. The van der Waals surface area contributed by atoms with E-state index in [0.717, 1.165) is 5.56 Å². The highest BCUT2D eigenvalue weighted by atomic mass is 19.1. The first kappa shape index (κ1) is 22.7. The first-order valence-corrected chi connectivity index (χ1v) is 8.88. The van der Waals surface area contributed by atoms with E-state index in [9.17, 15) is 19.1 Å². The van der Waals surface area contributed by atoms with Crippen LogP contribution >= 0.6 is 0 Å². The Labute approximate surface area is 159 Å². The number of rotatable bonds is 9. The normalized spacial score (nSPS) is 13.4. The zero-order valence-electron chi connectivity index (χ0n) is 16.0. The van der Waals surface area contributed by atoms with Crippen molar-refractivity contribution in [3.63, 3.8) is 0 Å². The molecule has 0 aliphatic rings. The second-order valence-corrected chi connectivity index (χ2v) is 7.14. The summed E-state index contributed by atoms with van der Waals surface area (Å²) in [6.45, 7) is 4.94. The molecule has 0 unspecified atom stereocenters. The largest absolute Gasteiger partial charge is 0.445 e. The molecule has 0 aliphatic heterocycles. The number of aliphatic hydroxyl groups excluding tert-OH is 1. The molecule has 3 N–H and O–H groups in total. The predicted octanol–water partition coefficient (Wildman–Crippen LogP) is 2.92. The van der Waals surface area contributed by atoms with Gasteiger partial charge in [-0.25, -0.2) is 14.0 Å². The number of benzene rings is 1. The van der Waals surface area contributed by atoms with Crippen LogP contribution in [0.1, 0.15) is 39.2 Å². The summed E-state index contributed by atoms with van der Waals surface area (Å²) in [7, 11) is 0. The summed E-state index contributed by atoms with van der Waals surface area (Å²) in [5.74, 6) is 0. The minimum Gasteiger partial charge on any atom is -0.445 e. The number of ether oxygens (including phenoxy) is 2. The van der Waals surface area contributed by atoms with E-state index in [1.807, 2.05) is 30.3 Å². The van der Waals surface area contributed by atoms with E-state index < -0.39 is 36.6 Å². The van der Waals surface area contributed by atoms with Crippen molar-refractivity contribution in [2.24, 2.45) is 0 Å². The quantitative estimate of drug-likeness (QED) is 0.608. The second kappa shape index (κ2) is 11.4. The topological polar surface area (TPSA) is 96.9 Å². The molecule has 0 saturated heterocycles. The molecule has 0 fully saturated rings. The number of alkyl halides is 1. The Morgan fingerprint density at radius 3 is 2.44 bits per heavy atom. The molecule has 8 heteroatoms. The molecule has 0 aliphatic carbocycles. The highest BCUT2D eigenvalue weighted by Crippen LogP contribution is 2.10. The van der Waals surface area contributed by atoms with Crippen LogP contribution in [0, 0.1) is 0 Å². The van der Waals surface area contributed by atoms with E-state index in [0.29, 0.717) is 0 Å². The predicted molar refractivity (Wildman–Crippen MR) is 99.0 cm³/mol. The lowest BCUT2D eigenvalue weighted by molar-refractivity contribution is 0.0468. The highest BCUT2D eigenvalue weighted by Gasteiger charge is 2.21. The number of hydrogen-bond acceptors (Lipinski definition) is 5. The summed E-state index contributed by atoms with van der Waals surface area (Å²) in [5, 5.41) is 14.2. The number of nitrogens with one attached hydrogen (secondary N) is 2. The molecule has 152 valence electrons. The van der Waals surface area contributed by atoms with Crippen molar-refractivity contribution in [2.75, 3.05) is 13.2 Å². The number of carbonyl (C=O) groups excluding carboxylic acids is 2. The molecular formula is C19H29FN2O5. The molecule has 7 nitrogen and oxygen atoms in total. The summed E-state index contributed by atoms with van der Waals surface area (Å²) in [4.78, 5) is 23.2. The molecule has 0 radical (unpaired) electrons. The van der Waals surface area contributed by atoms with Gasteiger partial charge >= 0.3 is 12.2 Å². The van der Waals surface area contributed by atoms with Crippen LogP contribution in [0.4, 0.5) is 14.0 Å². The number of aliphatic hydroxyl groups is 1. The molecule has 0 spiro atoms. The van der Waals surface area contributed by atoms with Gasteiger partial charge in [0.15, 0.2) is 0 Å². The van der Waals surface area contributed by atoms with Crippen molar-refractivity contribution < 1.29 is 28.6 Å². The van der Waals surface area contributed by atoms with Crippen LogP contribution in [0.3, 0.4) is 0 Å². The summed E-state index contributed by atoms with van der Waals surface area (Å²) < 4.78 is 24.1. The molecule has 0 heterocycles. The second-order valence-electron chi connectivity index (χ2n) is 7.14. The van der Waals surface area contributed by atoms with Crippen LogP contribution < -0.4 is 10.6 Å². The number of halogens is 1. The fourth-order valence-corrected chi connectivity index (χ4v) is 2.18. The van der Waals surface area contributed by atoms with Crippen molar-refractivity contribution in [1.82, 2.24) is 10.6 Å². The number of hydrogen-bond donors (Lipinski definition) is 3. The first-order chi connectivity index (χ1) is 12.7. The number of carbonyl (C=O) groups is 2. The van der Waals surface area contributed by atoms with Gasteiger partial charge in [-0.2, -0.15) is 0 Å². The van der Waals surface area contributed by atoms with Crippen molar-refractivity contribution >= 4 is 12.2 Å². The molecule has 1 rings (SSSR count). The minimum atomic E-state index is -1.31. The Bertz CT molecular complexity index is 577. The Morgan fingerprint density at radius 2 is 1.85 bits per heavy atom. The van der Waals surface area contributed by atoms with Gasteiger partial charge in [0.1, 0.15) is 18.4 Å². The Morgan fingerprint density at radius 1 is 1.19 bits per heavy atom. The number of alkyl carbamates (subject to hydrolysis) is 2. The Hall–Kier alpha value is -2.35. The molecule has 0 saturated carbocycles. The third kappa shape index (κ3) is 11.1. The van der Waals surface area contributed by atoms with E-state index in [1.165, 1.54) is 0 Å². The molecular weight excluding hydrogens is 355 g/mol. The van der Waals surface area contributed by atoms with E-state index in [-0.39, 0.29) is 26.0 Å². The minimum absolute atomic E-state index is 0.0347. The van der Waals surface area contributed by atoms with Gasteiger partial charge in [0.05, 0.1) is 12.6 Å². The van der Waals surface area contributed by atoms with Gasteiger partial charge in [0, 0.05) is 13.0 Å². The van der Waals surface area contributed by atoms with Crippen molar-refractivity contribution in [2.45, 2.75) is 58.0 Å². The van der Waals surface area contributed by atoms with Crippen molar-refractivity contribution in [3.8, 4) is 0 Å². The lowest BCUT2D eigenvalue weighted by Gasteiger charge is -2.23. The Balaban J connectivity index is 2.23. The molecule has 0 bridgehead atoms. The molecule has 1 aromatic carbocycles. The summed E-state index contributed by atoms with van der Waals surface area (Å²) in [6, 6.07) is 8.44. The van der Waals surface area contributed by atoms with Crippen LogP contribution in [-0.4, -0.2) is 48.3 Å². The zero-order chi connectivity index (χ0) is 20.3. The van der Waals surface area contributed by atoms with Gasteiger partial charge in [-0.15, -0.1) is 0 Å². The van der Waals surface area contributed by atoms with Crippen molar-refractivity contribution in [3.05, 3.63) is 35.9 Å². The van der Waals surface area contributed by atoms with Crippen LogP contribution in [0.15, 0.2) is 30.3 Å². The maximum absolute atomic E-state index is 14.0. The standard InChI is InChI=1S/C19H29FN2O5/c1-19(2,3)27-18(25)22-16(12-23)11-15(20)9-10-21-17(24)26-13-14-7-5-4-6-8-14/h4-8,15-16,23H,9-13H2,1-3H3,(H,21,24)(H,22,25)/t15-,16-/m0/s1. The van der Waals surface area contributed by atoms with Crippen LogP contribution in [-0.2, 0) is 16.1 Å². The summed E-state index contributed by atoms with van der Waals surface area (Å²) in [5.41, 5.74) is 0.179. The Kier molecular flexibility index (Phi) is 9.56. The van der Waals surface area contributed by atoms with Crippen molar-refractivity contribution in [1.29, 1.82) is 0 Å².